The molecule has 1 atom stereocenters. The molecule has 0 spiro atoms. The number of nitrogens with two attached hydrogens (primary N) is 1. The quantitative estimate of drug-likeness (QED) is 0.575. The molecule has 7 nitrogen and oxygen atoms in total. The van der Waals surface area contributed by atoms with Crippen molar-refractivity contribution in [1.82, 2.24) is 19.7 Å². The van der Waals surface area contributed by atoms with E-state index in [-0.39, 0.29) is 11.5 Å². The highest BCUT2D eigenvalue weighted by Gasteiger charge is 2.32. The summed E-state index contributed by atoms with van der Waals surface area (Å²) in [5, 5.41) is 14.7. The normalized spacial score (nSPS) is 18.5. The number of pyridine rings is 1. The molecule has 3 rings (SSSR count). The van der Waals surface area contributed by atoms with Gasteiger partial charge in [0.2, 0.25) is 0 Å². The minimum atomic E-state index is -0.890. The van der Waals surface area contributed by atoms with E-state index in [0.29, 0.717) is 18.9 Å². The van der Waals surface area contributed by atoms with Crippen molar-refractivity contribution in [2.75, 3.05) is 18.8 Å². The van der Waals surface area contributed by atoms with Gasteiger partial charge in [-0.1, -0.05) is 20.8 Å². The van der Waals surface area contributed by atoms with E-state index in [1.165, 1.54) is 4.90 Å². The Morgan fingerprint density at radius 1 is 1.46 bits per heavy atom. The van der Waals surface area contributed by atoms with Crippen LogP contribution in [0.25, 0.3) is 10.9 Å². The SMILES string of the molecule is CC(C)(C)c1nc(N)c2c(I)nn([C@H]3CCN(C(=O)O)C3)c2c1Br. The van der Waals surface area contributed by atoms with Crippen LogP contribution in [0.4, 0.5) is 10.6 Å². The third-order valence-corrected chi connectivity index (χ3v) is 5.77. The zero-order valence-electron chi connectivity index (χ0n) is 13.7. The molecule has 1 aliphatic heterocycles. The molecule has 2 aromatic heterocycles. The van der Waals surface area contributed by atoms with E-state index >= 15 is 0 Å². The highest BCUT2D eigenvalue weighted by Crippen LogP contribution is 2.39. The predicted molar refractivity (Wildman–Crippen MR) is 104 cm³/mol. The fraction of sp³-hybridized carbons (Fsp3) is 0.533. The number of hydrogen-bond donors (Lipinski definition) is 2. The maximum atomic E-state index is 11.2. The molecule has 3 N–H and O–H groups in total. The number of halogens is 2. The van der Waals surface area contributed by atoms with E-state index in [1.807, 2.05) is 4.68 Å². The number of likely N-dealkylation sites (tertiary alicyclic amines) is 1. The van der Waals surface area contributed by atoms with Crippen LogP contribution in [0.15, 0.2) is 4.47 Å². The number of carbonyl (C=O) groups is 1. The molecule has 0 aliphatic carbocycles. The number of hydrogen-bond acceptors (Lipinski definition) is 4. The minimum Gasteiger partial charge on any atom is -0.465 e. The van der Waals surface area contributed by atoms with Crippen molar-refractivity contribution >= 4 is 61.3 Å². The van der Waals surface area contributed by atoms with Gasteiger partial charge in [0.05, 0.1) is 27.1 Å². The van der Waals surface area contributed by atoms with Gasteiger partial charge in [0.1, 0.15) is 9.52 Å². The van der Waals surface area contributed by atoms with Crippen LogP contribution < -0.4 is 5.73 Å². The Hall–Kier alpha value is -1.10. The topological polar surface area (TPSA) is 97.3 Å². The number of nitrogens with zero attached hydrogens (tertiary/aromatic N) is 4. The van der Waals surface area contributed by atoms with Gasteiger partial charge in [-0.05, 0) is 44.9 Å². The Kier molecular flexibility index (Phi) is 4.44. The van der Waals surface area contributed by atoms with Crippen LogP contribution in [-0.2, 0) is 5.41 Å². The van der Waals surface area contributed by atoms with Crippen LogP contribution in [0.3, 0.4) is 0 Å². The standard InChI is InChI=1S/C15H19BrIN5O2/c1-15(2,3)11-9(16)10-8(13(18)19-11)12(17)20-22(10)7-4-5-21(6-7)14(23)24/h7H,4-6H2,1-3H3,(H2,18,19)(H,23,24)/t7-/m0/s1. The van der Waals surface area contributed by atoms with Gasteiger partial charge in [-0.25, -0.2) is 9.78 Å². The van der Waals surface area contributed by atoms with E-state index in [1.54, 1.807) is 0 Å². The third kappa shape index (κ3) is 2.85. The highest BCUT2D eigenvalue weighted by molar-refractivity contribution is 14.1. The van der Waals surface area contributed by atoms with E-state index in [4.69, 9.17) is 5.73 Å². The lowest BCUT2D eigenvalue weighted by Crippen LogP contribution is -2.27. The van der Waals surface area contributed by atoms with Gasteiger partial charge in [-0.3, -0.25) is 4.68 Å². The smallest absolute Gasteiger partial charge is 0.407 e. The Balaban J connectivity index is 2.20. The number of amides is 1. The Bertz CT molecular complexity index is 830. The summed E-state index contributed by atoms with van der Waals surface area (Å²) in [5.74, 6) is 0.460. The van der Waals surface area contributed by atoms with Crippen molar-refractivity contribution in [1.29, 1.82) is 0 Å². The van der Waals surface area contributed by atoms with Crippen molar-refractivity contribution in [2.45, 2.75) is 38.6 Å². The molecule has 0 aromatic carbocycles. The lowest BCUT2D eigenvalue weighted by Gasteiger charge is -2.22. The molecule has 0 saturated carbocycles. The van der Waals surface area contributed by atoms with Crippen LogP contribution in [0.1, 0.15) is 38.9 Å². The van der Waals surface area contributed by atoms with E-state index in [0.717, 1.165) is 31.2 Å². The Morgan fingerprint density at radius 2 is 2.12 bits per heavy atom. The van der Waals surface area contributed by atoms with Crippen molar-refractivity contribution < 1.29 is 9.90 Å². The fourth-order valence-electron chi connectivity index (χ4n) is 3.06. The van der Waals surface area contributed by atoms with Gasteiger partial charge in [0.25, 0.3) is 0 Å². The van der Waals surface area contributed by atoms with Gasteiger partial charge < -0.3 is 15.7 Å². The maximum Gasteiger partial charge on any atom is 0.407 e. The molecule has 0 unspecified atom stereocenters. The molecule has 0 radical (unpaired) electrons. The van der Waals surface area contributed by atoms with Gasteiger partial charge >= 0.3 is 6.09 Å². The van der Waals surface area contributed by atoms with Gasteiger partial charge in [-0.2, -0.15) is 5.10 Å². The van der Waals surface area contributed by atoms with E-state index in [2.05, 4.69) is 69.4 Å². The zero-order valence-corrected chi connectivity index (χ0v) is 17.4. The predicted octanol–water partition coefficient (Wildman–Crippen LogP) is 3.60. The molecular weight excluding hydrogens is 489 g/mol. The Labute approximate surface area is 161 Å². The average Bonchev–Trinajstić information content (AvgIpc) is 3.06. The molecule has 24 heavy (non-hydrogen) atoms. The van der Waals surface area contributed by atoms with Crippen LogP contribution >= 0.6 is 38.5 Å². The molecular formula is C15H19BrIN5O2. The molecule has 130 valence electrons. The second-order valence-corrected chi connectivity index (χ2v) is 8.85. The summed E-state index contributed by atoms with van der Waals surface area (Å²) in [4.78, 5) is 17.2. The van der Waals surface area contributed by atoms with Gasteiger partial charge in [0, 0.05) is 18.5 Å². The Morgan fingerprint density at radius 3 is 2.67 bits per heavy atom. The summed E-state index contributed by atoms with van der Waals surface area (Å²) in [6.45, 7) is 7.19. The summed E-state index contributed by atoms with van der Waals surface area (Å²) in [5.41, 5.74) is 7.81. The summed E-state index contributed by atoms with van der Waals surface area (Å²) >= 11 is 5.85. The van der Waals surface area contributed by atoms with Gasteiger partial charge in [0.15, 0.2) is 0 Å². The molecule has 1 amide bonds. The maximum absolute atomic E-state index is 11.2. The van der Waals surface area contributed by atoms with Crippen LogP contribution in [0.5, 0.6) is 0 Å². The molecule has 2 aromatic rings. The monoisotopic (exact) mass is 507 g/mol. The third-order valence-electron chi connectivity index (χ3n) is 4.26. The van der Waals surface area contributed by atoms with Crippen molar-refractivity contribution in [3.8, 4) is 0 Å². The molecule has 3 heterocycles. The molecule has 0 bridgehead atoms. The first kappa shape index (κ1) is 17.7. The van der Waals surface area contributed by atoms with Crippen molar-refractivity contribution in [3.63, 3.8) is 0 Å². The first-order valence-electron chi connectivity index (χ1n) is 7.62. The van der Waals surface area contributed by atoms with Crippen molar-refractivity contribution in [3.05, 3.63) is 13.9 Å². The summed E-state index contributed by atoms with van der Waals surface area (Å²) in [7, 11) is 0. The second-order valence-electron chi connectivity index (χ2n) is 7.04. The molecule has 1 saturated heterocycles. The summed E-state index contributed by atoms with van der Waals surface area (Å²) in [6.07, 6.45) is -0.155. The molecule has 1 aliphatic rings. The van der Waals surface area contributed by atoms with Gasteiger partial charge in [-0.15, -0.1) is 0 Å². The number of rotatable bonds is 1. The number of nitrogen functional groups attached to an aromatic ring is 1. The van der Waals surface area contributed by atoms with Crippen LogP contribution in [-0.4, -0.2) is 44.0 Å². The average molecular weight is 508 g/mol. The van der Waals surface area contributed by atoms with E-state index < -0.39 is 6.09 Å². The van der Waals surface area contributed by atoms with E-state index in [9.17, 15) is 9.90 Å². The highest BCUT2D eigenvalue weighted by atomic mass is 127. The molecule has 9 heteroatoms. The van der Waals surface area contributed by atoms with Crippen LogP contribution in [0.2, 0.25) is 0 Å². The lowest BCUT2D eigenvalue weighted by molar-refractivity contribution is 0.154. The first-order chi connectivity index (χ1) is 11.1. The van der Waals surface area contributed by atoms with Crippen molar-refractivity contribution in [2.24, 2.45) is 0 Å². The molecule has 1 fully saturated rings. The number of fused-ring (bicyclic) bond motifs is 1. The lowest BCUT2D eigenvalue weighted by atomic mass is 9.91. The summed E-state index contributed by atoms with van der Waals surface area (Å²) in [6, 6.07) is -0.00182. The zero-order chi connectivity index (χ0) is 17.8. The first-order valence-corrected chi connectivity index (χ1v) is 9.49. The van der Waals surface area contributed by atoms with Crippen LogP contribution in [0, 0.1) is 3.70 Å². The minimum absolute atomic E-state index is 0.00182. The largest absolute Gasteiger partial charge is 0.465 e. The second kappa shape index (κ2) is 6.01. The number of aromatic nitrogens is 3. The number of carboxylic acid groups (broad SMARTS) is 1. The number of anilines is 1. The summed E-state index contributed by atoms with van der Waals surface area (Å²) < 4.78 is 3.57. The fourth-order valence-corrected chi connectivity index (χ4v) is 4.89.